The van der Waals surface area contributed by atoms with Crippen LogP contribution in [0.1, 0.15) is 26.5 Å². The Morgan fingerprint density at radius 1 is 1.00 bits per heavy atom. The molecule has 0 bridgehead atoms. The van der Waals surface area contributed by atoms with Crippen molar-refractivity contribution in [2.24, 2.45) is 0 Å². The average molecular weight is 376 g/mol. The van der Waals surface area contributed by atoms with Gasteiger partial charge < -0.3 is 15.0 Å². The van der Waals surface area contributed by atoms with Gasteiger partial charge in [0.25, 0.3) is 5.91 Å². The van der Waals surface area contributed by atoms with Gasteiger partial charge in [-0.25, -0.2) is 14.8 Å². The molecule has 0 aliphatic carbocycles. The van der Waals surface area contributed by atoms with E-state index in [2.05, 4.69) is 20.0 Å². The van der Waals surface area contributed by atoms with Crippen molar-refractivity contribution in [3.63, 3.8) is 0 Å². The number of benzene rings is 2. The number of methoxy groups -OCH3 is 1. The lowest BCUT2D eigenvalue weighted by molar-refractivity contribution is 0.0600. The number of aryl methyl sites for hydroxylation is 1. The molecule has 1 heterocycles. The quantitative estimate of drug-likeness (QED) is 0.685. The van der Waals surface area contributed by atoms with Gasteiger partial charge in [-0.15, -0.1) is 0 Å². The summed E-state index contributed by atoms with van der Waals surface area (Å²) in [6.45, 7) is 1.80. The Morgan fingerprint density at radius 3 is 2.32 bits per heavy atom. The first-order valence-electron chi connectivity index (χ1n) is 8.62. The maximum absolute atomic E-state index is 12.8. The van der Waals surface area contributed by atoms with Crippen LogP contribution in [0.15, 0.2) is 60.7 Å². The van der Waals surface area contributed by atoms with Crippen molar-refractivity contribution in [2.45, 2.75) is 6.92 Å². The SMILES string of the molecule is COC(=O)c1ccc(Nc2nc(C)cc(C(=O)N(C)c3ccccc3)n2)cc1. The smallest absolute Gasteiger partial charge is 0.337 e. The summed E-state index contributed by atoms with van der Waals surface area (Å²) in [4.78, 5) is 34.5. The third-order valence-corrected chi connectivity index (χ3v) is 4.08. The molecule has 1 N–H and O–H groups in total. The van der Waals surface area contributed by atoms with Gasteiger partial charge >= 0.3 is 5.97 Å². The zero-order valence-electron chi connectivity index (χ0n) is 15.8. The number of rotatable bonds is 5. The highest BCUT2D eigenvalue weighted by molar-refractivity contribution is 6.04. The van der Waals surface area contributed by atoms with Crippen LogP contribution in [0.3, 0.4) is 0 Å². The van der Waals surface area contributed by atoms with Crippen LogP contribution in [0.4, 0.5) is 17.3 Å². The standard InChI is InChI=1S/C21H20N4O3/c1-14-13-18(19(26)25(2)17-7-5-4-6-8-17)24-21(22-14)23-16-11-9-15(10-12-16)20(27)28-3/h4-13H,1-3H3,(H,22,23,24). The Kier molecular flexibility index (Phi) is 5.64. The Morgan fingerprint density at radius 2 is 1.68 bits per heavy atom. The number of carbonyl (C=O) groups excluding carboxylic acids is 2. The fourth-order valence-electron chi connectivity index (χ4n) is 2.61. The summed E-state index contributed by atoms with van der Waals surface area (Å²) in [5.74, 6) is -0.341. The van der Waals surface area contributed by atoms with Crippen LogP contribution < -0.4 is 10.2 Å². The maximum atomic E-state index is 12.8. The molecule has 0 spiro atoms. The number of amides is 1. The molecule has 7 heteroatoms. The van der Waals surface area contributed by atoms with E-state index in [1.807, 2.05) is 30.3 Å². The largest absolute Gasteiger partial charge is 0.465 e. The topological polar surface area (TPSA) is 84.4 Å². The number of nitrogens with zero attached hydrogens (tertiary/aromatic N) is 3. The van der Waals surface area contributed by atoms with E-state index < -0.39 is 5.97 Å². The molecule has 3 aromatic rings. The fourth-order valence-corrected chi connectivity index (χ4v) is 2.61. The number of ether oxygens (including phenoxy) is 1. The molecule has 7 nitrogen and oxygen atoms in total. The van der Waals surface area contributed by atoms with Crippen LogP contribution in [-0.2, 0) is 4.74 Å². The highest BCUT2D eigenvalue weighted by Crippen LogP contribution is 2.18. The molecular formula is C21H20N4O3. The first-order chi connectivity index (χ1) is 13.5. The van der Waals surface area contributed by atoms with Crippen LogP contribution >= 0.6 is 0 Å². The van der Waals surface area contributed by atoms with Gasteiger partial charge in [-0.05, 0) is 49.4 Å². The monoisotopic (exact) mass is 376 g/mol. The third-order valence-electron chi connectivity index (χ3n) is 4.08. The molecular weight excluding hydrogens is 356 g/mol. The number of para-hydroxylation sites is 1. The molecule has 1 aromatic heterocycles. The minimum absolute atomic E-state index is 0.235. The van der Waals surface area contributed by atoms with Gasteiger partial charge in [0.05, 0.1) is 12.7 Å². The minimum atomic E-state index is -0.407. The number of anilines is 3. The summed E-state index contributed by atoms with van der Waals surface area (Å²) in [5, 5.41) is 3.06. The lowest BCUT2D eigenvalue weighted by Crippen LogP contribution is -2.27. The van der Waals surface area contributed by atoms with Gasteiger partial charge in [-0.2, -0.15) is 0 Å². The fraction of sp³-hybridized carbons (Fsp3) is 0.143. The Labute approximate surface area is 163 Å². The minimum Gasteiger partial charge on any atom is -0.465 e. The predicted octanol–water partition coefficient (Wildman–Crippen LogP) is 3.59. The first kappa shape index (κ1) is 19.0. The molecule has 3 rings (SSSR count). The van der Waals surface area contributed by atoms with Gasteiger partial charge in [0.15, 0.2) is 0 Å². The van der Waals surface area contributed by atoms with E-state index in [-0.39, 0.29) is 11.6 Å². The zero-order valence-corrected chi connectivity index (χ0v) is 15.8. The highest BCUT2D eigenvalue weighted by atomic mass is 16.5. The Hall–Kier alpha value is -3.74. The molecule has 0 aliphatic heterocycles. The summed E-state index contributed by atoms with van der Waals surface area (Å²) in [6.07, 6.45) is 0. The lowest BCUT2D eigenvalue weighted by Gasteiger charge is -2.17. The molecule has 0 radical (unpaired) electrons. The van der Waals surface area contributed by atoms with Crippen molar-refractivity contribution < 1.29 is 14.3 Å². The second kappa shape index (κ2) is 8.30. The number of esters is 1. The summed E-state index contributed by atoms with van der Waals surface area (Å²) in [5.41, 5.74) is 2.85. The summed E-state index contributed by atoms with van der Waals surface area (Å²) in [6, 6.07) is 17.7. The second-order valence-corrected chi connectivity index (χ2v) is 6.11. The second-order valence-electron chi connectivity index (χ2n) is 6.11. The molecule has 2 aromatic carbocycles. The van der Waals surface area contributed by atoms with Gasteiger partial charge in [0, 0.05) is 24.1 Å². The molecule has 1 amide bonds. The van der Waals surface area contributed by atoms with Gasteiger partial charge in [0.1, 0.15) is 5.69 Å². The maximum Gasteiger partial charge on any atom is 0.337 e. The van der Waals surface area contributed by atoms with E-state index in [0.717, 1.165) is 5.69 Å². The number of carbonyl (C=O) groups is 2. The molecule has 0 unspecified atom stereocenters. The number of nitrogens with one attached hydrogen (secondary N) is 1. The number of hydrogen-bond acceptors (Lipinski definition) is 6. The van der Waals surface area contributed by atoms with Crippen molar-refractivity contribution in [1.29, 1.82) is 0 Å². The normalized spacial score (nSPS) is 10.2. The number of hydrogen-bond donors (Lipinski definition) is 1. The third kappa shape index (κ3) is 4.32. The van der Waals surface area contributed by atoms with Crippen molar-refractivity contribution in [3.05, 3.63) is 77.6 Å². The lowest BCUT2D eigenvalue weighted by atomic mass is 10.2. The first-order valence-corrected chi connectivity index (χ1v) is 8.62. The average Bonchev–Trinajstić information content (AvgIpc) is 2.73. The highest BCUT2D eigenvalue weighted by Gasteiger charge is 2.17. The van der Waals surface area contributed by atoms with Crippen LogP contribution in [0.25, 0.3) is 0 Å². The van der Waals surface area contributed by atoms with E-state index >= 15 is 0 Å². The number of aromatic nitrogens is 2. The molecule has 0 fully saturated rings. The van der Waals surface area contributed by atoms with Crippen LogP contribution in [0.2, 0.25) is 0 Å². The van der Waals surface area contributed by atoms with E-state index in [1.165, 1.54) is 12.0 Å². The molecule has 0 saturated heterocycles. The predicted molar refractivity (Wildman–Crippen MR) is 107 cm³/mol. The van der Waals surface area contributed by atoms with Gasteiger partial charge in [-0.1, -0.05) is 18.2 Å². The van der Waals surface area contributed by atoms with Crippen LogP contribution in [0, 0.1) is 6.92 Å². The van der Waals surface area contributed by atoms with Crippen molar-refractivity contribution in [2.75, 3.05) is 24.4 Å². The van der Waals surface area contributed by atoms with E-state index in [0.29, 0.717) is 22.9 Å². The van der Waals surface area contributed by atoms with E-state index in [4.69, 9.17) is 0 Å². The molecule has 28 heavy (non-hydrogen) atoms. The summed E-state index contributed by atoms with van der Waals surface area (Å²) < 4.78 is 4.68. The Balaban J connectivity index is 1.81. The van der Waals surface area contributed by atoms with Crippen molar-refractivity contribution >= 4 is 29.2 Å². The molecule has 0 saturated carbocycles. The zero-order chi connectivity index (χ0) is 20.1. The van der Waals surface area contributed by atoms with E-state index in [1.54, 1.807) is 44.3 Å². The van der Waals surface area contributed by atoms with Crippen molar-refractivity contribution in [3.8, 4) is 0 Å². The van der Waals surface area contributed by atoms with Crippen LogP contribution in [0.5, 0.6) is 0 Å². The molecule has 142 valence electrons. The van der Waals surface area contributed by atoms with Crippen molar-refractivity contribution in [1.82, 2.24) is 9.97 Å². The molecule has 0 atom stereocenters. The molecule has 0 aliphatic rings. The summed E-state index contributed by atoms with van der Waals surface area (Å²) >= 11 is 0. The Bertz CT molecular complexity index is 988. The summed E-state index contributed by atoms with van der Waals surface area (Å²) in [7, 11) is 3.04. The van der Waals surface area contributed by atoms with Gasteiger partial charge in [-0.3, -0.25) is 4.79 Å². The van der Waals surface area contributed by atoms with Gasteiger partial charge in [0.2, 0.25) is 5.95 Å². The van der Waals surface area contributed by atoms with E-state index in [9.17, 15) is 9.59 Å². The van der Waals surface area contributed by atoms with Crippen LogP contribution in [-0.4, -0.2) is 36.0 Å².